The van der Waals surface area contributed by atoms with Crippen molar-refractivity contribution >= 4 is 16.9 Å². The zero-order valence-electron chi connectivity index (χ0n) is 17.3. The number of nitrogens with one attached hydrogen (secondary N) is 1. The molecule has 5 rings (SSSR count). The molecular weight excluding hydrogens is 390 g/mol. The molecule has 4 aromatic rings. The Labute approximate surface area is 179 Å². The number of ether oxygens (including phenoxy) is 1. The Hall–Kier alpha value is -3.86. The molecule has 0 fully saturated rings. The number of hydrogen-bond donors (Lipinski definition) is 1. The van der Waals surface area contributed by atoms with Gasteiger partial charge < -0.3 is 14.5 Å². The Kier molecular flexibility index (Phi) is 4.59. The van der Waals surface area contributed by atoms with Gasteiger partial charge in [0.2, 0.25) is 5.76 Å². The summed E-state index contributed by atoms with van der Waals surface area (Å²) in [7, 11) is 0. The maximum absolute atomic E-state index is 13.3. The molecule has 0 bridgehead atoms. The summed E-state index contributed by atoms with van der Waals surface area (Å²) in [6.07, 6.45) is 0. The molecule has 3 aromatic carbocycles. The Morgan fingerprint density at radius 3 is 2.45 bits per heavy atom. The highest BCUT2D eigenvalue weighted by atomic mass is 16.5. The average molecular weight is 411 g/mol. The summed E-state index contributed by atoms with van der Waals surface area (Å²) in [5.74, 6) is 0.438. The van der Waals surface area contributed by atoms with Gasteiger partial charge in [0.25, 0.3) is 5.91 Å². The number of rotatable bonds is 4. The lowest BCUT2D eigenvalue weighted by Gasteiger charge is -2.13. The van der Waals surface area contributed by atoms with Crippen LogP contribution >= 0.6 is 0 Å². The molecule has 31 heavy (non-hydrogen) atoms. The predicted octanol–water partition coefficient (Wildman–Crippen LogP) is 4.82. The van der Waals surface area contributed by atoms with Gasteiger partial charge in [0.15, 0.2) is 5.43 Å². The molecule has 0 aliphatic carbocycles. The lowest BCUT2D eigenvalue weighted by Crippen LogP contribution is -2.22. The fourth-order valence-electron chi connectivity index (χ4n) is 4.15. The van der Waals surface area contributed by atoms with Crippen LogP contribution in [0.4, 0.5) is 0 Å². The van der Waals surface area contributed by atoms with Crippen LogP contribution in [-0.4, -0.2) is 5.91 Å². The number of aryl methyl sites for hydroxylation is 2. The van der Waals surface area contributed by atoms with Gasteiger partial charge in [-0.1, -0.05) is 48.5 Å². The van der Waals surface area contributed by atoms with Crippen molar-refractivity contribution in [3.05, 3.63) is 111 Å². The smallest absolute Gasteiger partial charge is 0.288 e. The van der Waals surface area contributed by atoms with Crippen LogP contribution in [0.1, 0.15) is 44.4 Å². The van der Waals surface area contributed by atoms with E-state index in [1.807, 2.05) is 74.5 Å². The Morgan fingerprint density at radius 1 is 0.968 bits per heavy atom. The Bertz CT molecular complexity index is 1350. The van der Waals surface area contributed by atoms with Gasteiger partial charge in [-0.15, -0.1) is 0 Å². The van der Waals surface area contributed by atoms with E-state index in [2.05, 4.69) is 5.32 Å². The first-order valence-corrected chi connectivity index (χ1v) is 10.2. The number of carbonyl (C=O) groups excluding carboxylic acids is 1. The number of hydrogen-bond acceptors (Lipinski definition) is 4. The summed E-state index contributed by atoms with van der Waals surface area (Å²) in [5, 5.41) is 3.41. The summed E-state index contributed by atoms with van der Waals surface area (Å²) >= 11 is 0. The fourth-order valence-corrected chi connectivity index (χ4v) is 4.15. The first-order chi connectivity index (χ1) is 15.0. The van der Waals surface area contributed by atoms with E-state index in [-0.39, 0.29) is 17.1 Å². The van der Waals surface area contributed by atoms with Gasteiger partial charge in [0.05, 0.1) is 17.0 Å². The molecule has 1 amide bonds. The molecule has 5 nitrogen and oxygen atoms in total. The third-order valence-electron chi connectivity index (χ3n) is 5.60. The molecular formula is C26H21NO4. The van der Waals surface area contributed by atoms with Gasteiger partial charge >= 0.3 is 0 Å². The second-order valence-corrected chi connectivity index (χ2v) is 7.88. The topological polar surface area (TPSA) is 68.5 Å². The largest absolute Gasteiger partial charge is 0.489 e. The Balaban J connectivity index is 1.48. The minimum Gasteiger partial charge on any atom is -0.489 e. The highest BCUT2D eigenvalue weighted by molar-refractivity contribution is 5.99. The predicted molar refractivity (Wildman–Crippen MR) is 118 cm³/mol. The van der Waals surface area contributed by atoms with Crippen LogP contribution in [0.2, 0.25) is 0 Å². The maximum atomic E-state index is 13.3. The zero-order chi connectivity index (χ0) is 21.5. The standard InChI is InChI=1S/C26H21NO4/c1-15-12-16(2)21-20(13-15)31-25-22(24(21)28)23(27-26(25)29)18-8-10-19(11-9-18)30-14-17-6-4-3-5-7-17/h3-13,23H,14H2,1-2H3,(H,27,29). The van der Waals surface area contributed by atoms with E-state index in [4.69, 9.17) is 9.15 Å². The highest BCUT2D eigenvalue weighted by Crippen LogP contribution is 2.32. The number of carbonyl (C=O) groups is 1. The number of benzene rings is 3. The van der Waals surface area contributed by atoms with Crippen LogP contribution in [0.15, 0.2) is 75.9 Å². The van der Waals surface area contributed by atoms with Gasteiger partial charge in [-0.3, -0.25) is 9.59 Å². The molecule has 2 heterocycles. The minimum atomic E-state index is -0.549. The monoisotopic (exact) mass is 411 g/mol. The summed E-state index contributed by atoms with van der Waals surface area (Å²) in [4.78, 5) is 25.9. The molecule has 0 saturated carbocycles. The van der Waals surface area contributed by atoms with Crippen molar-refractivity contribution in [2.24, 2.45) is 0 Å². The molecule has 0 spiro atoms. The first kappa shape index (κ1) is 19.1. The number of fused-ring (bicyclic) bond motifs is 2. The highest BCUT2D eigenvalue weighted by Gasteiger charge is 2.36. The molecule has 1 unspecified atom stereocenters. The van der Waals surface area contributed by atoms with E-state index >= 15 is 0 Å². The van der Waals surface area contributed by atoms with E-state index < -0.39 is 6.04 Å². The maximum Gasteiger partial charge on any atom is 0.288 e. The van der Waals surface area contributed by atoms with Gasteiger partial charge in [0.1, 0.15) is 17.9 Å². The lowest BCUT2D eigenvalue weighted by molar-refractivity contribution is 0.0938. The van der Waals surface area contributed by atoms with Crippen molar-refractivity contribution in [3.8, 4) is 5.75 Å². The quantitative estimate of drug-likeness (QED) is 0.523. The second-order valence-electron chi connectivity index (χ2n) is 7.88. The summed E-state index contributed by atoms with van der Waals surface area (Å²) in [6, 6.07) is 20.5. The van der Waals surface area contributed by atoms with Crippen molar-refractivity contribution in [2.75, 3.05) is 0 Å². The molecule has 1 atom stereocenters. The van der Waals surface area contributed by atoms with Crippen molar-refractivity contribution in [1.82, 2.24) is 5.32 Å². The summed E-state index contributed by atoms with van der Waals surface area (Å²) < 4.78 is 11.7. The lowest BCUT2D eigenvalue weighted by atomic mass is 9.97. The Morgan fingerprint density at radius 2 is 1.71 bits per heavy atom. The van der Waals surface area contributed by atoms with E-state index in [0.717, 1.165) is 22.3 Å². The first-order valence-electron chi connectivity index (χ1n) is 10.2. The van der Waals surface area contributed by atoms with Crippen LogP contribution in [-0.2, 0) is 6.61 Å². The second kappa shape index (κ2) is 7.43. The third-order valence-corrected chi connectivity index (χ3v) is 5.60. The third kappa shape index (κ3) is 3.38. The van der Waals surface area contributed by atoms with Crippen molar-refractivity contribution in [2.45, 2.75) is 26.5 Å². The van der Waals surface area contributed by atoms with Crippen LogP contribution in [0, 0.1) is 13.8 Å². The fraction of sp³-hybridized carbons (Fsp3) is 0.154. The van der Waals surface area contributed by atoms with Gasteiger partial charge in [0, 0.05) is 0 Å². The van der Waals surface area contributed by atoms with Crippen molar-refractivity contribution in [1.29, 1.82) is 0 Å². The van der Waals surface area contributed by atoms with Crippen LogP contribution in [0.25, 0.3) is 11.0 Å². The molecule has 5 heteroatoms. The molecule has 0 radical (unpaired) electrons. The van der Waals surface area contributed by atoms with Crippen LogP contribution in [0.5, 0.6) is 5.75 Å². The van der Waals surface area contributed by atoms with Gasteiger partial charge in [-0.25, -0.2) is 0 Å². The van der Waals surface area contributed by atoms with E-state index in [1.54, 1.807) is 6.07 Å². The van der Waals surface area contributed by atoms with Crippen LogP contribution in [0.3, 0.4) is 0 Å². The minimum absolute atomic E-state index is 0.0944. The molecule has 1 N–H and O–H groups in total. The zero-order valence-corrected chi connectivity index (χ0v) is 17.3. The molecule has 1 aliphatic heterocycles. The van der Waals surface area contributed by atoms with Crippen molar-refractivity contribution in [3.63, 3.8) is 0 Å². The molecule has 1 aliphatic rings. The van der Waals surface area contributed by atoms with Gasteiger partial charge in [-0.05, 0) is 54.3 Å². The van der Waals surface area contributed by atoms with Gasteiger partial charge in [-0.2, -0.15) is 0 Å². The normalized spacial score (nSPS) is 15.0. The molecule has 154 valence electrons. The van der Waals surface area contributed by atoms with Crippen molar-refractivity contribution < 1.29 is 13.9 Å². The summed E-state index contributed by atoms with van der Waals surface area (Å²) in [6.45, 7) is 4.29. The van der Waals surface area contributed by atoms with E-state index in [1.165, 1.54) is 0 Å². The van der Waals surface area contributed by atoms with E-state index in [9.17, 15) is 9.59 Å². The molecule has 1 aromatic heterocycles. The SMILES string of the molecule is Cc1cc(C)c2c(=O)c3c(oc2c1)C(=O)NC3c1ccc(OCc2ccccc2)cc1. The summed E-state index contributed by atoms with van der Waals surface area (Å²) in [5.41, 5.74) is 4.35. The number of amides is 1. The van der Waals surface area contributed by atoms with E-state index in [0.29, 0.717) is 28.9 Å². The average Bonchev–Trinajstić information content (AvgIpc) is 3.09. The molecule has 0 saturated heterocycles. The van der Waals surface area contributed by atoms with Crippen LogP contribution < -0.4 is 15.5 Å².